The Balaban J connectivity index is 2.01. The zero-order valence-electron chi connectivity index (χ0n) is 16.8. The molecule has 1 aliphatic heterocycles. The number of benzene rings is 1. The van der Waals surface area contributed by atoms with Gasteiger partial charge >= 0.3 is 0 Å². The molecular formula is C22H32FN3O. The van der Waals surface area contributed by atoms with E-state index in [-0.39, 0.29) is 18.7 Å². The van der Waals surface area contributed by atoms with Crippen LogP contribution in [0.15, 0.2) is 54.9 Å². The van der Waals surface area contributed by atoms with Crippen LogP contribution in [-0.4, -0.2) is 43.9 Å². The lowest BCUT2D eigenvalue weighted by atomic mass is 9.96. The second-order valence-corrected chi connectivity index (χ2v) is 6.90. The van der Waals surface area contributed by atoms with Crippen molar-refractivity contribution in [2.45, 2.75) is 45.1 Å². The third-order valence-corrected chi connectivity index (χ3v) is 4.86. The first kappa shape index (κ1) is 21.0. The number of nitrogens with zero attached hydrogens (tertiary/aromatic N) is 1. The molecule has 5 heteroatoms. The first-order valence-electron chi connectivity index (χ1n) is 9.49. The molecule has 0 amide bonds. The topological polar surface area (TPSA) is 36.5 Å². The summed E-state index contributed by atoms with van der Waals surface area (Å²) >= 11 is 0. The van der Waals surface area contributed by atoms with Crippen molar-refractivity contribution < 1.29 is 9.13 Å². The Morgan fingerprint density at radius 1 is 1.41 bits per heavy atom. The van der Waals surface area contributed by atoms with Gasteiger partial charge in [0.1, 0.15) is 18.5 Å². The van der Waals surface area contributed by atoms with Crippen molar-refractivity contribution in [3.8, 4) is 5.75 Å². The molecule has 0 bridgehead atoms. The van der Waals surface area contributed by atoms with Gasteiger partial charge in [-0.05, 0) is 55.4 Å². The van der Waals surface area contributed by atoms with Gasteiger partial charge in [0.25, 0.3) is 0 Å². The monoisotopic (exact) mass is 373 g/mol. The molecule has 0 spiro atoms. The average Bonchev–Trinajstić information content (AvgIpc) is 2.67. The number of alkyl halides is 1. The first-order valence-corrected chi connectivity index (χ1v) is 9.49. The fourth-order valence-electron chi connectivity index (χ4n) is 3.15. The van der Waals surface area contributed by atoms with E-state index in [9.17, 15) is 4.39 Å². The molecule has 148 valence electrons. The summed E-state index contributed by atoms with van der Waals surface area (Å²) in [7, 11) is 4.00. The van der Waals surface area contributed by atoms with Crippen LogP contribution in [0.3, 0.4) is 0 Å². The second kappa shape index (κ2) is 10.2. The van der Waals surface area contributed by atoms with Crippen LogP contribution < -0.4 is 15.4 Å². The highest BCUT2D eigenvalue weighted by molar-refractivity contribution is 5.36. The van der Waals surface area contributed by atoms with Gasteiger partial charge in [0, 0.05) is 19.8 Å². The third-order valence-electron chi connectivity index (χ3n) is 4.86. The smallest absolute Gasteiger partial charge is 0.134 e. The van der Waals surface area contributed by atoms with Crippen LogP contribution in [0.25, 0.3) is 0 Å². The number of rotatable bonds is 9. The van der Waals surface area contributed by atoms with Crippen LogP contribution in [0.4, 0.5) is 4.39 Å². The molecule has 1 aromatic rings. The molecule has 1 heterocycles. The van der Waals surface area contributed by atoms with E-state index in [1.165, 1.54) is 5.57 Å². The van der Waals surface area contributed by atoms with Gasteiger partial charge in [-0.25, -0.2) is 4.39 Å². The molecular weight excluding hydrogens is 341 g/mol. The minimum Gasteiger partial charge on any atom is -0.490 e. The Labute approximate surface area is 162 Å². The predicted molar refractivity (Wildman–Crippen MR) is 111 cm³/mol. The summed E-state index contributed by atoms with van der Waals surface area (Å²) in [6.07, 6.45) is 7.79. The summed E-state index contributed by atoms with van der Waals surface area (Å²) in [6, 6.07) is 6.35. The molecule has 3 atom stereocenters. The molecule has 0 fully saturated rings. The third kappa shape index (κ3) is 5.60. The highest BCUT2D eigenvalue weighted by Gasteiger charge is 2.23. The molecule has 27 heavy (non-hydrogen) atoms. The average molecular weight is 374 g/mol. The summed E-state index contributed by atoms with van der Waals surface area (Å²) in [6.45, 7) is 8.59. The normalized spacial score (nSPS) is 22.0. The van der Waals surface area contributed by atoms with Crippen LogP contribution in [-0.2, 0) is 6.54 Å². The summed E-state index contributed by atoms with van der Waals surface area (Å²) in [5.41, 5.74) is 3.39. The molecule has 1 aromatic carbocycles. The van der Waals surface area contributed by atoms with Gasteiger partial charge in [0.15, 0.2) is 0 Å². The van der Waals surface area contributed by atoms with Gasteiger partial charge in [-0.15, -0.1) is 6.58 Å². The van der Waals surface area contributed by atoms with Crippen molar-refractivity contribution in [1.29, 1.82) is 0 Å². The Morgan fingerprint density at radius 2 is 2.19 bits per heavy atom. The quantitative estimate of drug-likeness (QED) is 0.647. The van der Waals surface area contributed by atoms with Gasteiger partial charge in [-0.3, -0.25) is 0 Å². The highest BCUT2D eigenvalue weighted by Crippen LogP contribution is 2.22. The lowest BCUT2D eigenvalue weighted by molar-refractivity contribution is 0.191. The van der Waals surface area contributed by atoms with E-state index in [2.05, 4.69) is 46.7 Å². The van der Waals surface area contributed by atoms with Crippen LogP contribution in [0.5, 0.6) is 5.75 Å². The summed E-state index contributed by atoms with van der Waals surface area (Å²) in [5, 5.41) is 6.73. The predicted octanol–water partition coefficient (Wildman–Crippen LogP) is 3.70. The van der Waals surface area contributed by atoms with Gasteiger partial charge in [-0.2, -0.15) is 0 Å². The van der Waals surface area contributed by atoms with Gasteiger partial charge < -0.3 is 20.3 Å². The van der Waals surface area contributed by atoms with E-state index in [1.807, 2.05) is 46.2 Å². The van der Waals surface area contributed by atoms with Crippen LogP contribution in [0, 0.1) is 6.92 Å². The Hall–Kier alpha value is -2.27. The maximum absolute atomic E-state index is 13.4. The van der Waals surface area contributed by atoms with Crippen molar-refractivity contribution in [3.63, 3.8) is 0 Å². The van der Waals surface area contributed by atoms with E-state index in [0.717, 1.165) is 16.9 Å². The lowest BCUT2D eigenvalue weighted by Gasteiger charge is -2.34. The summed E-state index contributed by atoms with van der Waals surface area (Å²) in [4.78, 5) is 2.14. The molecule has 4 nitrogen and oxygen atoms in total. The van der Waals surface area contributed by atoms with Crippen LogP contribution in [0.2, 0.25) is 0 Å². The zero-order valence-corrected chi connectivity index (χ0v) is 16.8. The van der Waals surface area contributed by atoms with Crippen molar-refractivity contribution in [2.24, 2.45) is 0 Å². The fourth-order valence-corrected chi connectivity index (χ4v) is 3.15. The number of likely N-dealkylation sites (N-methyl/N-ethyl adjacent to an activating group) is 2. The summed E-state index contributed by atoms with van der Waals surface area (Å²) < 4.78 is 18.9. The Bertz CT molecular complexity index is 686. The zero-order chi connectivity index (χ0) is 19.8. The van der Waals surface area contributed by atoms with Crippen molar-refractivity contribution >= 4 is 0 Å². The second-order valence-electron chi connectivity index (χ2n) is 6.90. The van der Waals surface area contributed by atoms with E-state index in [1.54, 1.807) is 0 Å². The van der Waals surface area contributed by atoms with Crippen LogP contribution in [0.1, 0.15) is 24.5 Å². The minimum atomic E-state index is -0.919. The number of halogens is 1. The highest BCUT2D eigenvalue weighted by atomic mass is 19.1. The molecule has 0 saturated carbocycles. The molecule has 0 radical (unpaired) electrons. The van der Waals surface area contributed by atoms with Crippen molar-refractivity contribution in [1.82, 2.24) is 15.5 Å². The van der Waals surface area contributed by atoms with E-state index < -0.39 is 6.17 Å². The maximum Gasteiger partial charge on any atom is 0.134 e. The van der Waals surface area contributed by atoms with Crippen molar-refractivity contribution in [3.05, 3.63) is 66.0 Å². The van der Waals surface area contributed by atoms with Gasteiger partial charge in [0.05, 0.1) is 12.1 Å². The van der Waals surface area contributed by atoms with Gasteiger partial charge in [0.2, 0.25) is 0 Å². The Kier molecular flexibility index (Phi) is 7.92. The standard InChI is InChI=1S/C22H32FN3O/c1-6-18(23)15-27-22-9-8-17(12-16(22)3)13-25-14-19-20(24-4)10-11-26(5)21(19)7-2/h7-12,14,18,20-21,24-25H,2,6,13,15H2,1,3-5H3/b19-14+. The number of ether oxygens (including phenoxy) is 1. The summed E-state index contributed by atoms with van der Waals surface area (Å²) in [5.74, 6) is 0.745. The number of aryl methyl sites for hydroxylation is 1. The Morgan fingerprint density at radius 3 is 2.81 bits per heavy atom. The maximum atomic E-state index is 13.4. The molecule has 2 rings (SSSR count). The molecule has 0 saturated heterocycles. The lowest BCUT2D eigenvalue weighted by Crippen LogP contribution is -2.41. The number of hydrogen-bond donors (Lipinski definition) is 2. The number of nitrogens with one attached hydrogen (secondary N) is 2. The molecule has 0 aromatic heterocycles. The first-order chi connectivity index (χ1) is 13.0. The molecule has 1 aliphatic rings. The SMILES string of the molecule is C=CC1/C(=C/NCc2ccc(OCC(F)CC)c(C)c2)C(NC)C=CN1C. The van der Waals surface area contributed by atoms with E-state index in [4.69, 9.17) is 4.74 Å². The molecule has 0 aliphatic carbocycles. The largest absolute Gasteiger partial charge is 0.490 e. The van der Waals surface area contributed by atoms with Crippen LogP contribution >= 0.6 is 0 Å². The van der Waals surface area contributed by atoms with Crippen molar-refractivity contribution in [2.75, 3.05) is 20.7 Å². The number of hydrogen-bond acceptors (Lipinski definition) is 4. The van der Waals surface area contributed by atoms with Gasteiger partial charge in [-0.1, -0.05) is 25.1 Å². The molecule has 2 N–H and O–H groups in total. The minimum absolute atomic E-state index is 0.108. The van der Waals surface area contributed by atoms with E-state index in [0.29, 0.717) is 13.0 Å². The van der Waals surface area contributed by atoms with E-state index >= 15 is 0 Å². The fraction of sp³-hybridized carbons (Fsp3) is 0.455. The molecule has 3 unspecified atom stereocenters.